The summed E-state index contributed by atoms with van der Waals surface area (Å²) in [4.78, 5) is 2.90. The van der Waals surface area contributed by atoms with Crippen LogP contribution in [0.1, 0.15) is 43.1 Å². The van der Waals surface area contributed by atoms with Crippen molar-refractivity contribution in [1.29, 1.82) is 0 Å². The van der Waals surface area contributed by atoms with Crippen LogP contribution in [0, 0.1) is 0 Å². The normalized spacial score (nSPS) is 15.7. The predicted molar refractivity (Wildman–Crippen MR) is 192 cm³/mol. The van der Waals surface area contributed by atoms with Gasteiger partial charge in [-0.05, 0) is 91.0 Å². The molecule has 0 atom stereocenters. The Morgan fingerprint density at radius 1 is 0.356 bits per heavy atom. The molecule has 0 saturated heterocycles. The monoisotopic (exact) mass is 716 g/mol. The first-order valence-corrected chi connectivity index (χ1v) is 17.7. The van der Waals surface area contributed by atoms with Crippen molar-refractivity contribution >= 4 is 43.2 Å². The lowest BCUT2D eigenvalue weighted by Gasteiger charge is -2.32. The molecule has 1 aromatic heterocycles. The van der Waals surface area contributed by atoms with Gasteiger partial charge in [0, 0.05) is 29.8 Å². The van der Waals surface area contributed by atoms with Crippen molar-refractivity contribution in [2.75, 3.05) is 0 Å². The molecule has 0 radical (unpaired) electrons. The maximum atomic E-state index is 3.89. The van der Waals surface area contributed by atoms with Crippen LogP contribution >= 0.6 is 43.2 Å². The Bertz CT molecular complexity index is 2220. The fraction of sp³-hybridized carbons (Fsp3) is 0.0476. The Balaban J connectivity index is 1.36. The Morgan fingerprint density at radius 2 is 0.689 bits per heavy atom. The third-order valence-corrected chi connectivity index (χ3v) is 13.2. The molecule has 0 saturated carbocycles. The van der Waals surface area contributed by atoms with Gasteiger partial charge < -0.3 is 0 Å². The van der Waals surface area contributed by atoms with Crippen LogP contribution in [-0.4, -0.2) is 0 Å². The highest BCUT2D eigenvalue weighted by Crippen LogP contribution is 2.73. The zero-order chi connectivity index (χ0) is 29.7. The maximum Gasteiger partial charge on any atom is 0.0819 e. The molecule has 0 unspecified atom stereocenters. The van der Waals surface area contributed by atoms with E-state index in [1.54, 1.807) is 0 Å². The molecule has 1 heterocycles. The molecular weight excluding hydrogens is 696 g/mol. The minimum absolute atomic E-state index is 0.370. The zero-order valence-corrected chi connectivity index (χ0v) is 27.9. The molecule has 45 heavy (non-hydrogen) atoms. The first kappa shape index (κ1) is 25.2. The fourth-order valence-electron chi connectivity index (χ4n) is 9.35. The standard InChI is InChI=1S/C42H22Br2S/c43-23-17-19-29-35(21-23)41(31-13-5-1-9-25(31)26-10-2-6-14-32(26)41)39-37(29)38-30-20-18-24(44)22-36(30)42(40(38)45-39)33-15-7-3-11-27(33)28-12-4-8-16-34(28)42/h1-22H. The molecule has 7 aromatic rings. The Morgan fingerprint density at radius 3 is 1.04 bits per heavy atom. The van der Waals surface area contributed by atoms with E-state index in [1.165, 1.54) is 87.6 Å². The largest absolute Gasteiger partial charge is 0.141 e. The number of halogens is 2. The molecule has 3 heteroatoms. The number of hydrogen-bond acceptors (Lipinski definition) is 1. The minimum Gasteiger partial charge on any atom is -0.141 e. The number of hydrogen-bond donors (Lipinski definition) is 0. The van der Waals surface area contributed by atoms with E-state index in [2.05, 4.69) is 177 Å². The third-order valence-electron chi connectivity index (χ3n) is 10.8. The van der Waals surface area contributed by atoms with Gasteiger partial charge in [-0.2, -0.15) is 0 Å². The van der Waals surface area contributed by atoms with Gasteiger partial charge in [0.05, 0.1) is 10.8 Å². The van der Waals surface area contributed by atoms with E-state index in [-0.39, 0.29) is 10.8 Å². The molecule has 0 aliphatic heterocycles. The summed E-state index contributed by atoms with van der Waals surface area (Å²) in [6, 6.07) is 50.4. The van der Waals surface area contributed by atoms with Crippen LogP contribution in [0.25, 0.3) is 44.5 Å². The van der Waals surface area contributed by atoms with Gasteiger partial charge in [-0.15, -0.1) is 11.3 Å². The van der Waals surface area contributed by atoms with E-state index in [0.717, 1.165) is 8.95 Å². The van der Waals surface area contributed by atoms with E-state index in [1.807, 2.05) is 0 Å². The molecule has 4 aliphatic carbocycles. The van der Waals surface area contributed by atoms with Crippen LogP contribution < -0.4 is 0 Å². The quantitative estimate of drug-likeness (QED) is 0.146. The molecule has 11 rings (SSSR count). The average Bonchev–Trinajstić information content (AvgIpc) is 3.82. The summed E-state index contributed by atoms with van der Waals surface area (Å²) in [6.45, 7) is 0. The van der Waals surface area contributed by atoms with Crippen LogP contribution in [0.3, 0.4) is 0 Å². The van der Waals surface area contributed by atoms with Gasteiger partial charge >= 0.3 is 0 Å². The second kappa shape index (κ2) is 8.41. The molecule has 0 nitrogen and oxygen atoms in total. The van der Waals surface area contributed by atoms with E-state index in [0.29, 0.717) is 0 Å². The van der Waals surface area contributed by atoms with Crippen molar-refractivity contribution in [3.8, 4) is 44.5 Å². The van der Waals surface area contributed by atoms with Gasteiger partial charge in [0.25, 0.3) is 0 Å². The first-order chi connectivity index (χ1) is 22.1. The molecule has 0 fully saturated rings. The number of rotatable bonds is 0. The first-order valence-electron chi connectivity index (χ1n) is 15.3. The van der Waals surface area contributed by atoms with Gasteiger partial charge in [-0.25, -0.2) is 0 Å². The highest BCUT2D eigenvalue weighted by atomic mass is 79.9. The maximum absolute atomic E-state index is 3.89. The summed E-state index contributed by atoms with van der Waals surface area (Å²) in [6.07, 6.45) is 0. The van der Waals surface area contributed by atoms with Crippen molar-refractivity contribution in [1.82, 2.24) is 0 Å². The van der Waals surface area contributed by atoms with E-state index < -0.39 is 0 Å². The number of benzene rings is 6. The SMILES string of the molecule is Brc1ccc2c(c1)C1(c3ccccc3-c3ccccc31)c1sc3c(c1-2)-c1ccc(Br)cc1C31c2ccccc2-c2ccccc21. The van der Waals surface area contributed by atoms with Gasteiger partial charge in [-0.1, -0.05) is 141 Å². The number of thiophene rings is 1. The van der Waals surface area contributed by atoms with E-state index in [9.17, 15) is 0 Å². The van der Waals surface area contributed by atoms with Crippen molar-refractivity contribution in [3.63, 3.8) is 0 Å². The average molecular weight is 719 g/mol. The van der Waals surface area contributed by atoms with E-state index in [4.69, 9.17) is 0 Å². The molecule has 6 aromatic carbocycles. The molecule has 0 bridgehead atoms. The van der Waals surface area contributed by atoms with Crippen molar-refractivity contribution in [3.05, 3.63) is 186 Å². The topological polar surface area (TPSA) is 0 Å². The molecule has 0 amide bonds. The third kappa shape index (κ3) is 2.71. The molecule has 2 spiro atoms. The van der Waals surface area contributed by atoms with Crippen LogP contribution in [0.15, 0.2) is 142 Å². The summed E-state index contributed by atoms with van der Waals surface area (Å²) in [7, 11) is 0. The van der Waals surface area contributed by atoms with Crippen molar-refractivity contribution < 1.29 is 0 Å². The van der Waals surface area contributed by atoms with Gasteiger partial charge in [0.1, 0.15) is 0 Å². The Labute approximate surface area is 282 Å². The summed E-state index contributed by atoms with van der Waals surface area (Å²) >= 11 is 9.83. The summed E-state index contributed by atoms with van der Waals surface area (Å²) in [5, 5.41) is 0. The lowest BCUT2D eigenvalue weighted by molar-refractivity contribution is 0.803. The molecular formula is C42H22Br2S. The molecule has 4 aliphatic rings. The smallest absolute Gasteiger partial charge is 0.0819 e. The van der Waals surface area contributed by atoms with E-state index >= 15 is 0 Å². The summed E-state index contributed by atoms with van der Waals surface area (Å²) in [5.74, 6) is 0. The molecule has 0 N–H and O–H groups in total. The summed E-state index contributed by atoms with van der Waals surface area (Å²) in [5.41, 5.74) is 18.5. The van der Waals surface area contributed by atoms with Gasteiger partial charge in [-0.3, -0.25) is 0 Å². The van der Waals surface area contributed by atoms with Crippen LogP contribution in [-0.2, 0) is 10.8 Å². The second-order valence-electron chi connectivity index (χ2n) is 12.6. The lowest BCUT2D eigenvalue weighted by atomic mass is 9.74. The lowest BCUT2D eigenvalue weighted by Crippen LogP contribution is -2.26. The Kier molecular flexibility index (Phi) is 4.71. The zero-order valence-electron chi connectivity index (χ0n) is 23.9. The van der Waals surface area contributed by atoms with Crippen LogP contribution in [0.2, 0.25) is 0 Å². The molecule has 210 valence electrons. The van der Waals surface area contributed by atoms with Crippen molar-refractivity contribution in [2.45, 2.75) is 10.8 Å². The Hall–Kier alpha value is -4.02. The fourth-order valence-corrected chi connectivity index (χ4v) is 11.9. The van der Waals surface area contributed by atoms with Crippen molar-refractivity contribution in [2.24, 2.45) is 0 Å². The second-order valence-corrected chi connectivity index (χ2v) is 15.4. The van der Waals surface area contributed by atoms with Gasteiger partial charge in [0.15, 0.2) is 0 Å². The van der Waals surface area contributed by atoms with Crippen LogP contribution in [0.4, 0.5) is 0 Å². The number of fused-ring (bicyclic) bond motifs is 21. The summed E-state index contributed by atoms with van der Waals surface area (Å²) < 4.78 is 2.24. The minimum atomic E-state index is -0.370. The van der Waals surface area contributed by atoms with Gasteiger partial charge in [0.2, 0.25) is 0 Å². The highest BCUT2D eigenvalue weighted by Gasteiger charge is 2.59. The predicted octanol–water partition coefficient (Wildman–Crippen LogP) is 12.0. The highest BCUT2D eigenvalue weighted by molar-refractivity contribution is 9.10. The van der Waals surface area contributed by atoms with Crippen LogP contribution in [0.5, 0.6) is 0 Å².